The van der Waals surface area contributed by atoms with Crippen LogP contribution >= 0.6 is 0 Å². The summed E-state index contributed by atoms with van der Waals surface area (Å²) < 4.78 is 0. The van der Waals surface area contributed by atoms with E-state index in [1.807, 2.05) is 61.3 Å². The summed E-state index contributed by atoms with van der Waals surface area (Å²) in [6, 6.07) is 50.8. The Kier molecular flexibility index (Phi) is 7.07. The van der Waals surface area contributed by atoms with Crippen molar-refractivity contribution in [1.82, 2.24) is 24.9 Å². The van der Waals surface area contributed by atoms with Crippen molar-refractivity contribution in [1.29, 1.82) is 0 Å². The minimum absolute atomic E-state index is 0.842. The Balaban J connectivity index is 1.31. The molecule has 0 saturated carbocycles. The number of rotatable bonds is 5. The van der Waals surface area contributed by atoms with Gasteiger partial charge < -0.3 is 4.90 Å². The van der Waals surface area contributed by atoms with E-state index in [1.54, 1.807) is 6.20 Å². The Hall–Kier alpha value is -7.57. The predicted molar refractivity (Wildman–Crippen MR) is 226 cm³/mol. The van der Waals surface area contributed by atoms with Gasteiger partial charge in [0, 0.05) is 63.7 Å². The van der Waals surface area contributed by atoms with Gasteiger partial charge in [0.25, 0.3) is 0 Å². The average molecular weight is 703 g/mol. The molecule has 0 unspecified atom stereocenters. The van der Waals surface area contributed by atoms with E-state index in [0.717, 1.165) is 93.7 Å². The molecule has 0 amide bonds. The standard InChI is InChI=1S/C49H30N6/c1-3-17-34-31(12-1)14-5-19-36(34)42-38-21-8-28-53-46(38)48(40-23-10-26-51-44(40)42)55(33-16-7-25-50-30-33)49-41-24-11-27-52-45(41)43(39-22-9-29-54-47(39)49)37-20-6-15-32-13-2-4-18-35(32)37/h1-30H. The molecule has 0 aliphatic rings. The molecule has 6 heteroatoms. The molecule has 0 atom stereocenters. The van der Waals surface area contributed by atoms with E-state index >= 15 is 0 Å². The van der Waals surface area contributed by atoms with E-state index in [2.05, 4.69) is 125 Å². The third-order valence-electron chi connectivity index (χ3n) is 10.7. The Morgan fingerprint density at radius 3 is 1.24 bits per heavy atom. The van der Waals surface area contributed by atoms with Crippen LogP contribution in [0.15, 0.2) is 183 Å². The van der Waals surface area contributed by atoms with Gasteiger partial charge in [-0.1, -0.05) is 97.1 Å². The minimum atomic E-state index is 0.842. The molecule has 55 heavy (non-hydrogen) atoms. The maximum absolute atomic E-state index is 5.20. The van der Waals surface area contributed by atoms with Crippen LogP contribution < -0.4 is 4.90 Å². The summed E-state index contributed by atoms with van der Waals surface area (Å²) in [6.45, 7) is 0. The zero-order valence-corrected chi connectivity index (χ0v) is 29.5. The van der Waals surface area contributed by atoms with Gasteiger partial charge in [-0.05, 0) is 81.2 Å². The fourth-order valence-corrected chi connectivity index (χ4v) is 8.43. The smallest absolute Gasteiger partial charge is 0.0956 e. The highest BCUT2D eigenvalue weighted by Crippen LogP contribution is 2.52. The van der Waals surface area contributed by atoms with Crippen LogP contribution in [-0.4, -0.2) is 24.9 Å². The molecule has 6 nitrogen and oxygen atoms in total. The molecular formula is C49H30N6. The first-order valence-corrected chi connectivity index (χ1v) is 18.3. The van der Waals surface area contributed by atoms with Gasteiger partial charge in [-0.15, -0.1) is 0 Å². The van der Waals surface area contributed by atoms with Gasteiger partial charge in [0.2, 0.25) is 0 Å². The molecule has 11 aromatic rings. The maximum atomic E-state index is 5.20. The number of nitrogens with zero attached hydrogens (tertiary/aromatic N) is 6. The Morgan fingerprint density at radius 1 is 0.327 bits per heavy atom. The normalized spacial score (nSPS) is 11.6. The average Bonchev–Trinajstić information content (AvgIpc) is 3.26. The molecule has 6 aromatic carbocycles. The minimum Gasteiger partial charge on any atom is -0.303 e. The van der Waals surface area contributed by atoms with Crippen LogP contribution in [0.4, 0.5) is 17.1 Å². The lowest BCUT2D eigenvalue weighted by atomic mass is 9.90. The van der Waals surface area contributed by atoms with Gasteiger partial charge in [0.1, 0.15) is 0 Å². The number of benzene rings is 6. The third kappa shape index (κ3) is 4.78. The lowest BCUT2D eigenvalue weighted by molar-refractivity contribution is 1.24. The van der Waals surface area contributed by atoms with E-state index < -0.39 is 0 Å². The van der Waals surface area contributed by atoms with Gasteiger partial charge in [0.05, 0.1) is 45.3 Å². The van der Waals surface area contributed by atoms with E-state index in [-0.39, 0.29) is 0 Å². The van der Waals surface area contributed by atoms with Gasteiger partial charge in [-0.2, -0.15) is 0 Å². The van der Waals surface area contributed by atoms with Crippen molar-refractivity contribution in [3.63, 3.8) is 0 Å². The van der Waals surface area contributed by atoms with Crippen molar-refractivity contribution < 1.29 is 0 Å². The summed E-state index contributed by atoms with van der Waals surface area (Å²) in [5.41, 5.74) is 10.4. The Labute approximate surface area is 316 Å². The molecule has 0 aliphatic heterocycles. The highest BCUT2D eigenvalue weighted by molar-refractivity contribution is 6.27. The van der Waals surface area contributed by atoms with Crippen molar-refractivity contribution in [2.45, 2.75) is 0 Å². The SMILES string of the molecule is c1cncc(N(c2c3cccnc3c(-c3cccc4ccccc34)c3cccnc23)c2c3cccnc3c(-c3cccc4ccccc34)c3cccnc23)c1. The number of hydrogen-bond acceptors (Lipinski definition) is 6. The van der Waals surface area contributed by atoms with Crippen LogP contribution in [0.5, 0.6) is 0 Å². The van der Waals surface area contributed by atoms with Crippen molar-refractivity contribution in [2.75, 3.05) is 4.90 Å². The van der Waals surface area contributed by atoms with Crippen LogP contribution in [0.1, 0.15) is 0 Å². The molecule has 5 heterocycles. The van der Waals surface area contributed by atoms with Crippen LogP contribution in [-0.2, 0) is 0 Å². The molecule has 256 valence electrons. The number of hydrogen-bond donors (Lipinski definition) is 0. The molecule has 0 bridgehead atoms. The van der Waals surface area contributed by atoms with Crippen LogP contribution in [0, 0.1) is 0 Å². The Morgan fingerprint density at radius 2 is 0.745 bits per heavy atom. The zero-order chi connectivity index (χ0) is 36.3. The largest absolute Gasteiger partial charge is 0.303 e. The molecule has 0 radical (unpaired) electrons. The van der Waals surface area contributed by atoms with E-state index in [1.165, 1.54) is 10.8 Å². The summed E-state index contributed by atoms with van der Waals surface area (Å²) in [4.78, 5) is 27.7. The molecule has 0 aliphatic carbocycles. The first-order chi connectivity index (χ1) is 27.3. The highest BCUT2D eigenvalue weighted by Gasteiger charge is 2.29. The topological polar surface area (TPSA) is 67.7 Å². The first-order valence-electron chi connectivity index (χ1n) is 18.3. The molecule has 11 rings (SSSR count). The molecular weight excluding hydrogens is 673 g/mol. The lowest BCUT2D eigenvalue weighted by Gasteiger charge is -2.30. The summed E-state index contributed by atoms with van der Waals surface area (Å²) >= 11 is 0. The summed E-state index contributed by atoms with van der Waals surface area (Å²) in [6.07, 6.45) is 11.2. The number of anilines is 3. The van der Waals surface area contributed by atoms with Crippen LogP contribution in [0.25, 0.3) is 87.4 Å². The van der Waals surface area contributed by atoms with Crippen LogP contribution in [0.2, 0.25) is 0 Å². The summed E-state index contributed by atoms with van der Waals surface area (Å²) in [5, 5.41) is 8.59. The summed E-state index contributed by atoms with van der Waals surface area (Å²) in [5.74, 6) is 0. The molecule has 5 aromatic heterocycles. The van der Waals surface area contributed by atoms with Crippen LogP contribution in [0.3, 0.4) is 0 Å². The van der Waals surface area contributed by atoms with Crippen molar-refractivity contribution >= 4 is 82.2 Å². The fraction of sp³-hybridized carbons (Fsp3) is 0. The predicted octanol–water partition coefficient (Wildman–Crippen LogP) is 12.4. The molecule has 0 spiro atoms. The van der Waals surface area contributed by atoms with E-state index in [0.29, 0.717) is 0 Å². The number of aromatic nitrogens is 5. The van der Waals surface area contributed by atoms with Crippen molar-refractivity contribution in [3.8, 4) is 22.3 Å². The molecule has 0 saturated heterocycles. The number of fused-ring (bicyclic) bond motifs is 6. The summed E-state index contributed by atoms with van der Waals surface area (Å²) in [7, 11) is 0. The van der Waals surface area contributed by atoms with Crippen molar-refractivity contribution in [2.24, 2.45) is 0 Å². The maximum Gasteiger partial charge on any atom is 0.0956 e. The van der Waals surface area contributed by atoms with Gasteiger partial charge >= 0.3 is 0 Å². The van der Waals surface area contributed by atoms with Gasteiger partial charge in [-0.3, -0.25) is 24.9 Å². The Bertz CT molecular complexity index is 2960. The quantitative estimate of drug-likeness (QED) is 0.166. The second-order valence-electron chi connectivity index (χ2n) is 13.6. The lowest BCUT2D eigenvalue weighted by Crippen LogP contribution is -2.14. The van der Waals surface area contributed by atoms with E-state index in [4.69, 9.17) is 19.9 Å². The van der Waals surface area contributed by atoms with Crippen molar-refractivity contribution in [3.05, 3.63) is 183 Å². The zero-order valence-electron chi connectivity index (χ0n) is 29.5. The third-order valence-corrected chi connectivity index (χ3v) is 10.7. The monoisotopic (exact) mass is 702 g/mol. The second-order valence-corrected chi connectivity index (χ2v) is 13.6. The molecule has 0 N–H and O–H groups in total. The highest BCUT2D eigenvalue weighted by atomic mass is 15.2. The fourth-order valence-electron chi connectivity index (χ4n) is 8.43. The number of pyridine rings is 5. The second kappa shape index (κ2) is 12.5. The molecule has 0 fully saturated rings. The van der Waals surface area contributed by atoms with Gasteiger partial charge in [-0.25, -0.2) is 0 Å². The van der Waals surface area contributed by atoms with E-state index in [9.17, 15) is 0 Å². The van der Waals surface area contributed by atoms with Gasteiger partial charge in [0.15, 0.2) is 0 Å². The first kappa shape index (κ1) is 31.0.